The minimum atomic E-state index is -3.67. The second kappa shape index (κ2) is 6.16. The van der Waals surface area contributed by atoms with E-state index >= 15 is 0 Å². The van der Waals surface area contributed by atoms with Gasteiger partial charge >= 0.3 is 0 Å². The first kappa shape index (κ1) is 18.4. The van der Waals surface area contributed by atoms with Crippen LogP contribution in [0, 0.1) is 0 Å². The zero-order chi connectivity index (χ0) is 17.5. The van der Waals surface area contributed by atoms with E-state index in [4.69, 9.17) is 4.43 Å². The summed E-state index contributed by atoms with van der Waals surface area (Å²) in [6.07, 6.45) is 0.538. The molecule has 128 valence electrons. The Hall–Kier alpha value is -0.953. The van der Waals surface area contributed by atoms with Crippen molar-refractivity contribution in [1.29, 1.82) is 0 Å². The summed E-state index contributed by atoms with van der Waals surface area (Å²) >= 11 is 0. The number of rotatable bonds is 4. The fourth-order valence-electron chi connectivity index (χ4n) is 2.34. The summed E-state index contributed by atoms with van der Waals surface area (Å²) in [6, 6.07) is 8.22. The van der Waals surface area contributed by atoms with Crippen LogP contribution in [0.2, 0.25) is 18.1 Å². The molecule has 0 fully saturated rings. The fourth-order valence-corrected chi connectivity index (χ4v) is 5.19. The van der Waals surface area contributed by atoms with Crippen LogP contribution in [0.15, 0.2) is 46.2 Å². The average molecular weight is 355 g/mol. The predicted octanol–water partition coefficient (Wildman–Crippen LogP) is 3.50. The maximum absolute atomic E-state index is 12.7. The highest BCUT2D eigenvalue weighted by Crippen LogP contribution is 2.40. The van der Waals surface area contributed by atoms with Gasteiger partial charge in [0.2, 0.25) is 9.84 Å². The third kappa shape index (κ3) is 3.76. The smallest absolute Gasteiger partial charge is 0.205 e. The molecule has 1 aliphatic rings. The number of hydrogen-bond donors (Lipinski definition) is 1. The van der Waals surface area contributed by atoms with Crippen molar-refractivity contribution < 1.29 is 18.0 Å². The van der Waals surface area contributed by atoms with Gasteiger partial charge in [0.25, 0.3) is 0 Å². The molecule has 0 aromatic heterocycles. The molecular weight excluding hydrogens is 328 g/mol. The van der Waals surface area contributed by atoms with Crippen molar-refractivity contribution in [3.8, 4) is 0 Å². The Morgan fingerprint density at radius 1 is 1.17 bits per heavy atom. The van der Waals surface area contributed by atoms with Crippen LogP contribution in [-0.2, 0) is 14.3 Å². The standard InChI is InChI=1S/C17H26O4SSi/c1-17(2,3)23(4,5)21-13-11-15(18)16(12-13)22(19,20)14-9-7-6-8-10-14/h6-10,12-13,15,18H,11H2,1-5H3/t13-,15-/m1/s1. The first-order chi connectivity index (χ1) is 10.4. The molecule has 6 heteroatoms. The van der Waals surface area contributed by atoms with Crippen molar-refractivity contribution in [2.75, 3.05) is 0 Å². The summed E-state index contributed by atoms with van der Waals surface area (Å²) in [5, 5.41) is 10.3. The lowest BCUT2D eigenvalue weighted by molar-refractivity contribution is 0.153. The second-order valence-electron chi connectivity index (χ2n) is 7.55. The number of benzene rings is 1. The van der Waals surface area contributed by atoms with Crippen molar-refractivity contribution in [3.05, 3.63) is 41.3 Å². The molecule has 0 aliphatic heterocycles. The van der Waals surface area contributed by atoms with E-state index < -0.39 is 24.3 Å². The van der Waals surface area contributed by atoms with Gasteiger partial charge in [0.1, 0.15) is 0 Å². The van der Waals surface area contributed by atoms with Crippen LogP contribution in [0.25, 0.3) is 0 Å². The number of aliphatic hydroxyl groups is 1. The van der Waals surface area contributed by atoms with Gasteiger partial charge < -0.3 is 9.53 Å². The molecule has 2 atom stereocenters. The molecule has 0 bridgehead atoms. The minimum Gasteiger partial charge on any atom is -0.410 e. The Balaban J connectivity index is 2.28. The van der Waals surface area contributed by atoms with E-state index in [1.807, 2.05) is 0 Å². The van der Waals surface area contributed by atoms with Crippen LogP contribution < -0.4 is 0 Å². The highest BCUT2D eigenvalue weighted by Gasteiger charge is 2.42. The largest absolute Gasteiger partial charge is 0.410 e. The lowest BCUT2D eigenvalue weighted by Crippen LogP contribution is -2.43. The molecule has 2 rings (SSSR count). The average Bonchev–Trinajstić information content (AvgIpc) is 2.79. The zero-order valence-electron chi connectivity index (χ0n) is 14.4. The summed E-state index contributed by atoms with van der Waals surface area (Å²) in [5.41, 5.74) is 0. The van der Waals surface area contributed by atoms with Crippen LogP contribution in [0.5, 0.6) is 0 Å². The quantitative estimate of drug-likeness (QED) is 0.841. The number of aliphatic hydroxyl groups excluding tert-OH is 1. The van der Waals surface area contributed by atoms with Gasteiger partial charge in [-0.3, -0.25) is 0 Å². The Labute approximate surface area is 140 Å². The maximum Gasteiger partial charge on any atom is 0.205 e. The minimum absolute atomic E-state index is 0.0346. The molecule has 0 spiro atoms. The third-order valence-electron chi connectivity index (χ3n) is 4.75. The Morgan fingerprint density at radius 3 is 2.26 bits per heavy atom. The number of sulfone groups is 1. The zero-order valence-corrected chi connectivity index (χ0v) is 16.2. The summed E-state index contributed by atoms with van der Waals surface area (Å²) in [7, 11) is -5.68. The van der Waals surface area contributed by atoms with Gasteiger partial charge in [0.15, 0.2) is 8.32 Å². The molecule has 0 radical (unpaired) electrons. The molecular formula is C17H26O4SSi. The van der Waals surface area contributed by atoms with Gasteiger partial charge in [-0.2, -0.15) is 0 Å². The van der Waals surface area contributed by atoms with Gasteiger partial charge in [-0.15, -0.1) is 0 Å². The number of hydrogen-bond acceptors (Lipinski definition) is 4. The summed E-state index contributed by atoms with van der Waals surface area (Å²) in [4.78, 5) is 0.269. The van der Waals surface area contributed by atoms with Crippen molar-refractivity contribution in [2.24, 2.45) is 0 Å². The maximum atomic E-state index is 12.7. The molecule has 0 heterocycles. The van der Waals surface area contributed by atoms with Crippen molar-refractivity contribution in [1.82, 2.24) is 0 Å². The summed E-state index contributed by atoms with van der Waals surface area (Å²) < 4.78 is 31.6. The van der Waals surface area contributed by atoms with Crippen molar-refractivity contribution in [2.45, 2.75) is 62.4 Å². The molecule has 1 aliphatic carbocycles. The van der Waals surface area contributed by atoms with Crippen LogP contribution in [0.1, 0.15) is 27.2 Å². The van der Waals surface area contributed by atoms with Crippen LogP contribution >= 0.6 is 0 Å². The fraction of sp³-hybridized carbons (Fsp3) is 0.529. The second-order valence-corrected chi connectivity index (χ2v) is 14.3. The van der Waals surface area contributed by atoms with Gasteiger partial charge in [0, 0.05) is 6.42 Å². The van der Waals surface area contributed by atoms with E-state index in [0.29, 0.717) is 6.42 Å². The van der Waals surface area contributed by atoms with E-state index in [9.17, 15) is 13.5 Å². The third-order valence-corrected chi connectivity index (χ3v) is 11.2. The van der Waals surface area contributed by atoms with Gasteiger partial charge in [-0.25, -0.2) is 8.42 Å². The molecule has 4 nitrogen and oxygen atoms in total. The van der Waals surface area contributed by atoms with Crippen LogP contribution in [-0.4, -0.2) is 34.0 Å². The van der Waals surface area contributed by atoms with Crippen molar-refractivity contribution >= 4 is 18.2 Å². The topological polar surface area (TPSA) is 63.6 Å². The van der Waals surface area contributed by atoms with E-state index in [2.05, 4.69) is 33.9 Å². The first-order valence-electron chi connectivity index (χ1n) is 7.83. The SMILES string of the molecule is CC(C)(C)[Si](C)(C)O[C@H]1C=C(S(=O)(=O)c2ccccc2)[C@H](O)C1. The normalized spacial score (nSPS) is 23.0. The molecule has 1 N–H and O–H groups in total. The molecule has 1 aromatic rings. The van der Waals surface area contributed by atoms with Crippen LogP contribution in [0.4, 0.5) is 0 Å². The molecule has 0 saturated heterocycles. The predicted molar refractivity (Wildman–Crippen MR) is 94.4 cm³/mol. The summed E-state index contributed by atoms with van der Waals surface area (Å²) in [5.74, 6) is 0. The molecule has 0 amide bonds. The highest BCUT2D eigenvalue weighted by atomic mass is 32.2. The van der Waals surface area contributed by atoms with E-state index in [1.54, 1.807) is 36.4 Å². The Bertz CT molecular complexity index is 687. The molecule has 1 aromatic carbocycles. The van der Waals surface area contributed by atoms with E-state index in [-0.39, 0.29) is 20.9 Å². The Kier molecular flexibility index (Phi) is 4.93. The molecule has 0 unspecified atom stereocenters. The molecule has 0 saturated carbocycles. The summed E-state index contributed by atoms with van der Waals surface area (Å²) in [6.45, 7) is 10.6. The van der Waals surface area contributed by atoms with Crippen LogP contribution in [0.3, 0.4) is 0 Å². The van der Waals surface area contributed by atoms with E-state index in [0.717, 1.165) is 0 Å². The lowest BCUT2D eigenvalue weighted by Gasteiger charge is -2.38. The molecule has 23 heavy (non-hydrogen) atoms. The van der Waals surface area contributed by atoms with Crippen molar-refractivity contribution in [3.63, 3.8) is 0 Å². The Morgan fingerprint density at radius 2 is 1.74 bits per heavy atom. The van der Waals surface area contributed by atoms with Gasteiger partial charge in [-0.1, -0.05) is 39.0 Å². The van der Waals surface area contributed by atoms with E-state index in [1.165, 1.54) is 0 Å². The van der Waals surface area contributed by atoms with Gasteiger partial charge in [-0.05, 0) is 36.3 Å². The van der Waals surface area contributed by atoms with Gasteiger partial charge in [0.05, 0.1) is 22.0 Å². The monoisotopic (exact) mass is 354 g/mol. The highest BCUT2D eigenvalue weighted by molar-refractivity contribution is 7.95. The lowest BCUT2D eigenvalue weighted by atomic mass is 10.2. The first-order valence-corrected chi connectivity index (χ1v) is 12.2.